The van der Waals surface area contributed by atoms with Crippen molar-refractivity contribution in [2.75, 3.05) is 19.6 Å². The molecule has 3 saturated heterocycles. The van der Waals surface area contributed by atoms with Crippen LogP contribution in [-0.4, -0.2) is 42.6 Å². The number of carbonyl (C=O) groups excluding carboxylic acids is 1. The second kappa shape index (κ2) is 5.02. The summed E-state index contributed by atoms with van der Waals surface area (Å²) in [6, 6.07) is 6.21. The molecule has 1 N–H and O–H groups in total. The van der Waals surface area contributed by atoms with E-state index in [2.05, 4.69) is 23.2 Å². The molecule has 0 aromatic heterocycles. The van der Waals surface area contributed by atoms with E-state index in [1.165, 1.54) is 25.9 Å². The Kier molecular flexibility index (Phi) is 3.14. The minimum Gasteiger partial charge on any atom is -0.489 e. The number of fused-ring (bicyclic) bond motifs is 4. The Hall–Kier alpha value is -1.55. The van der Waals surface area contributed by atoms with Crippen molar-refractivity contribution in [1.29, 1.82) is 0 Å². The van der Waals surface area contributed by atoms with Crippen LogP contribution in [0.5, 0.6) is 5.75 Å². The van der Waals surface area contributed by atoms with Crippen molar-refractivity contribution in [3.63, 3.8) is 0 Å². The average Bonchev–Trinajstić information content (AvgIpc) is 2.88. The average molecular weight is 286 g/mol. The molecule has 2 bridgehead atoms. The first-order valence-electron chi connectivity index (χ1n) is 8.02. The highest BCUT2D eigenvalue weighted by atomic mass is 16.5. The lowest BCUT2D eigenvalue weighted by Crippen LogP contribution is -2.57. The fraction of sp³-hybridized carbons (Fsp3) is 0.588. The fourth-order valence-corrected chi connectivity index (χ4v) is 3.99. The molecule has 21 heavy (non-hydrogen) atoms. The van der Waals surface area contributed by atoms with Gasteiger partial charge in [-0.1, -0.05) is 12.1 Å². The number of hydrogen-bond donors (Lipinski definition) is 1. The van der Waals surface area contributed by atoms with Gasteiger partial charge in [0.05, 0.1) is 5.56 Å². The van der Waals surface area contributed by atoms with E-state index in [9.17, 15) is 4.79 Å². The number of nitrogens with zero attached hydrogens (tertiary/aromatic N) is 1. The molecular weight excluding hydrogens is 264 g/mol. The van der Waals surface area contributed by atoms with Gasteiger partial charge in [-0.05, 0) is 50.4 Å². The monoisotopic (exact) mass is 286 g/mol. The lowest BCUT2D eigenvalue weighted by Gasteiger charge is -2.44. The number of piperidine rings is 3. The molecule has 5 rings (SSSR count). The molecule has 2 unspecified atom stereocenters. The first-order chi connectivity index (χ1) is 10.2. The summed E-state index contributed by atoms with van der Waals surface area (Å²) in [6.07, 6.45) is 3.50. The smallest absolute Gasteiger partial charge is 0.255 e. The Labute approximate surface area is 125 Å². The topological polar surface area (TPSA) is 41.6 Å². The van der Waals surface area contributed by atoms with E-state index in [1.807, 2.05) is 12.1 Å². The molecule has 1 amide bonds. The zero-order valence-corrected chi connectivity index (χ0v) is 12.5. The van der Waals surface area contributed by atoms with E-state index < -0.39 is 0 Å². The Morgan fingerprint density at radius 3 is 2.86 bits per heavy atom. The van der Waals surface area contributed by atoms with E-state index in [-0.39, 0.29) is 12.0 Å². The lowest BCUT2D eigenvalue weighted by molar-refractivity contribution is 0.0618. The van der Waals surface area contributed by atoms with Crippen LogP contribution in [0.3, 0.4) is 0 Å². The number of benzene rings is 1. The van der Waals surface area contributed by atoms with Crippen LogP contribution in [0, 0.1) is 5.92 Å². The summed E-state index contributed by atoms with van der Waals surface area (Å²) < 4.78 is 5.84. The van der Waals surface area contributed by atoms with Gasteiger partial charge in [0.2, 0.25) is 0 Å². The predicted molar refractivity (Wildman–Crippen MR) is 80.7 cm³/mol. The van der Waals surface area contributed by atoms with Crippen molar-refractivity contribution in [2.45, 2.75) is 38.3 Å². The van der Waals surface area contributed by atoms with Crippen LogP contribution in [-0.2, 0) is 6.42 Å². The molecule has 4 nitrogen and oxygen atoms in total. The van der Waals surface area contributed by atoms with Crippen molar-refractivity contribution in [2.24, 2.45) is 5.92 Å². The zero-order valence-electron chi connectivity index (χ0n) is 12.5. The van der Waals surface area contributed by atoms with Crippen molar-refractivity contribution >= 4 is 5.91 Å². The van der Waals surface area contributed by atoms with E-state index in [0.29, 0.717) is 17.5 Å². The molecule has 2 atom stereocenters. The number of rotatable bonds is 2. The van der Waals surface area contributed by atoms with Gasteiger partial charge in [-0.15, -0.1) is 0 Å². The molecule has 4 aliphatic rings. The number of hydrogen-bond acceptors (Lipinski definition) is 3. The van der Waals surface area contributed by atoms with Crippen molar-refractivity contribution in [1.82, 2.24) is 10.2 Å². The van der Waals surface area contributed by atoms with Gasteiger partial charge in [0.25, 0.3) is 5.91 Å². The van der Waals surface area contributed by atoms with Crippen LogP contribution < -0.4 is 10.1 Å². The molecule has 112 valence electrons. The quantitative estimate of drug-likeness (QED) is 0.902. The third-order valence-corrected chi connectivity index (χ3v) is 5.14. The maximum Gasteiger partial charge on any atom is 0.255 e. The summed E-state index contributed by atoms with van der Waals surface area (Å²) in [4.78, 5) is 15.1. The van der Waals surface area contributed by atoms with E-state index >= 15 is 0 Å². The predicted octanol–water partition coefficient (Wildman–Crippen LogP) is 1.83. The summed E-state index contributed by atoms with van der Waals surface area (Å²) in [5, 5.41) is 3.25. The second-order valence-electron chi connectivity index (χ2n) is 6.64. The van der Waals surface area contributed by atoms with E-state index in [0.717, 1.165) is 24.3 Å². The SMILES string of the molecule is CC1Cc2cccc(C(=O)NC3CN4CCC3CC4)c2O1. The molecule has 4 aliphatic heterocycles. The molecule has 0 saturated carbocycles. The van der Waals surface area contributed by atoms with Gasteiger partial charge in [0.1, 0.15) is 11.9 Å². The number of nitrogens with one attached hydrogen (secondary N) is 1. The van der Waals surface area contributed by atoms with Crippen LogP contribution in [0.4, 0.5) is 0 Å². The van der Waals surface area contributed by atoms with Gasteiger partial charge < -0.3 is 15.0 Å². The third-order valence-electron chi connectivity index (χ3n) is 5.14. The van der Waals surface area contributed by atoms with E-state index in [1.54, 1.807) is 0 Å². The molecule has 0 aliphatic carbocycles. The van der Waals surface area contributed by atoms with Gasteiger partial charge >= 0.3 is 0 Å². The summed E-state index contributed by atoms with van der Waals surface area (Å²) >= 11 is 0. The highest BCUT2D eigenvalue weighted by Gasteiger charge is 2.35. The first kappa shape index (κ1) is 13.1. The van der Waals surface area contributed by atoms with Gasteiger partial charge in [-0.3, -0.25) is 4.79 Å². The molecule has 3 fully saturated rings. The molecule has 4 heterocycles. The normalized spacial score (nSPS) is 33.4. The van der Waals surface area contributed by atoms with Crippen molar-refractivity contribution in [3.05, 3.63) is 29.3 Å². The Balaban J connectivity index is 1.52. The summed E-state index contributed by atoms with van der Waals surface area (Å²) in [5.74, 6) is 1.47. The Bertz CT molecular complexity index is 564. The van der Waals surface area contributed by atoms with Gasteiger partial charge in [0, 0.05) is 19.0 Å². The number of carbonyl (C=O) groups is 1. The Morgan fingerprint density at radius 2 is 2.14 bits per heavy atom. The number of para-hydroxylation sites is 1. The van der Waals surface area contributed by atoms with Crippen LogP contribution in [0.25, 0.3) is 0 Å². The summed E-state index contributed by atoms with van der Waals surface area (Å²) in [7, 11) is 0. The van der Waals surface area contributed by atoms with Crippen molar-refractivity contribution < 1.29 is 9.53 Å². The molecule has 1 aromatic rings. The van der Waals surface area contributed by atoms with Crippen LogP contribution in [0.2, 0.25) is 0 Å². The lowest BCUT2D eigenvalue weighted by atomic mass is 9.84. The highest BCUT2D eigenvalue weighted by molar-refractivity contribution is 5.97. The molecule has 0 radical (unpaired) electrons. The standard InChI is InChI=1S/C17H22N2O2/c1-11-9-13-3-2-4-14(16(13)21-11)17(20)18-15-10-19-7-5-12(15)6-8-19/h2-4,11-12,15H,5-10H2,1H3,(H,18,20). The maximum atomic E-state index is 12.6. The first-order valence-corrected chi connectivity index (χ1v) is 8.02. The number of amides is 1. The van der Waals surface area contributed by atoms with Crippen molar-refractivity contribution in [3.8, 4) is 5.75 Å². The van der Waals surface area contributed by atoms with Crippen LogP contribution in [0.15, 0.2) is 18.2 Å². The minimum absolute atomic E-state index is 0.0275. The zero-order chi connectivity index (χ0) is 14.4. The van der Waals surface area contributed by atoms with E-state index in [4.69, 9.17) is 4.74 Å². The molecule has 0 spiro atoms. The minimum atomic E-state index is 0.0275. The van der Waals surface area contributed by atoms with Crippen LogP contribution in [0.1, 0.15) is 35.7 Å². The maximum absolute atomic E-state index is 12.6. The summed E-state index contributed by atoms with van der Waals surface area (Å²) in [6.45, 7) is 5.44. The van der Waals surface area contributed by atoms with Gasteiger partial charge in [0.15, 0.2) is 0 Å². The second-order valence-corrected chi connectivity index (χ2v) is 6.64. The third kappa shape index (κ3) is 2.31. The number of ether oxygens (including phenoxy) is 1. The largest absolute Gasteiger partial charge is 0.489 e. The molecule has 1 aromatic carbocycles. The van der Waals surface area contributed by atoms with Gasteiger partial charge in [-0.2, -0.15) is 0 Å². The fourth-order valence-electron chi connectivity index (χ4n) is 3.99. The van der Waals surface area contributed by atoms with Gasteiger partial charge in [-0.25, -0.2) is 0 Å². The molecular formula is C17H22N2O2. The highest BCUT2D eigenvalue weighted by Crippen LogP contribution is 2.33. The summed E-state index contributed by atoms with van der Waals surface area (Å²) in [5.41, 5.74) is 1.86. The Morgan fingerprint density at radius 1 is 1.33 bits per heavy atom. The van der Waals surface area contributed by atoms with Crippen LogP contribution >= 0.6 is 0 Å². The molecule has 4 heteroatoms.